The lowest BCUT2D eigenvalue weighted by Gasteiger charge is -2.23. The molecular weight excluding hydrogens is 226 g/mol. The second-order valence-electron chi connectivity index (χ2n) is 5.09. The van der Waals surface area contributed by atoms with Gasteiger partial charge in [-0.15, -0.1) is 0 Å². The van der Waals surface area contributed by atoms with Gasteiger partial charge in [-0.1, -0.05) is 18.9 Å². The van der Waals surface area contributed by atoms with Crippen LogP contribution in [0.2, 0.25) is 0 Å². The molecule has 2 rings (SSSR count). The van der Waals surface area contributed by atoms with Gasteiger partial charge in [0.1, 0.15) is 11.5 Å². The molecule has 0 bridgehead atoms. The molecule has 1 aromatic carbocycles. The molecule has 1 saturated carbocycles. The van der Waals surface area contributed by atoms with Crippen LogP contribution >= 0.6 is 0 Å². The van der Waals surface area contributed by atoms with E-state index in [-0.39, 0.29) is 6.04 Å². The quantitative estimate of drug-likeness (QED) is 0.891. The molecular formula is C15H23NO2. The summed E-state index contributed by atoms with van der Waals surface area (Å²) in [5.74, 6) is 2.33. The first kappa shape index (κ1) is 13.2. The van der Waals surface area contributed by atoms with Crippen molar-refractivity contribution in [1.82, 2.24) is 0 Å². The van der Waals surface area contributed by atoms with Crippen molar-refractivity contribution in [2.75, 3.05) is 14.2 Å². The molecule has 1 aliphatic rings. The smallest absolute Gasteiger partial charge is 0.130 e. The summed E-state index contributed by atoms with van der Waals surface area (Å²) in [5.41, 5.74) is 8.56. The van der Waals surface area contributed by atoms with E-state index in [9.17, 15) is 0 Å². The first-order valence-corrected chi connectivity index (χ1v) is 6.66. The van der Waals surface area contributed by atoms with Crippen molar-refractivity contribution in [2.45, 2.75) is 38.6 Å². The lowest BCUT2D eigenvalue weighted by atomic mass is 9.90. The van der Waals surface area contributed by atoms with Crippen molar-refractivity contribution in [3.8, 4) is 11.5 Å². The van der Waals surface area contributed by atoms with E-state index >= 15 is 0 Å². The molecule has 3 nitrogen and oxygen atoms in total. The van der Waals surface area contributed by atoms with Crippen LogP contribution in [0.15, 0.2) is 12.1 Å². The molecule has 1 aliphatic carbocycles. The molecule has 0 radical (unpaired) electrons. The molecule has 0 aromatic heterocycles. The molecule has 0 saturated heterocycles. The summed E-state index contributed by atoms with van der Waals surface area (Å²) < 4.78 is 10.9. The SMILES string of the molecule is COc1ccc(C(N)C2CCCC2)c(OC)c1C. The summed E-state index contributed by atoms with van der Waals surface area (Å²) in [5, 5.41) is 0. The normalized spacial score (nSPS) is 17.8. The molecule has 0 heterocycles. The van der Waals surface area contributed by atoms with Gasteiger partial charge in [0, 0.05) is 17.2 Å². The van der Waals surface area contributed by atoms with Crippen molar-refractivity contribution in [3.63, 3.8) is 0 Å². The van der Waals surface area contributed by atoms with Crippen molar-refractivity contribution < 1.29 is 9.47 Å². The molecule has 18 heavy (non-hydrogen) atoms. The van der Waals surface area contributed by atoms with Crippen LogP contribution in [0.1, 0.15) is 42.9 Å². The second-order valence-corrected chi connectivity index (χ2v) is 5.09. The van der Waals surface area contributed by atoms with Crippen molar-refractivity contribution in [3.05, 3.63) is 23.3 Å². The van der Waals surface area contributed by atoms with Gasteiger partial charge in [0.25, 0.3) is 0 Å². The molecule has 2 N–H and O–H groups in total. The fourth-order valence-corrected chi connectivity index (χ4v) is 3.02. The summed E-state index contributed by atoms with van der Waals surface area (Å²) in [4.78, 5) is 0. The predicted molar refractivity (Wildman–Crippen MR) is 73.2 cm³/mol. The third-order valence-electron chi connectivity index (χ3n) is 4.08. The zero-order chi connectivity index (χ0) is 13.1. The van der Waals surface area contributed by atoms with Crippen LogP contribution in [-0.4, -0.2) is 14.2 Å². The Labute approximate surface area is 109 Å². The van der Waals surface area contributed by atoms with Crippen LogP contribution in [0.25, 0.3) is 0 Å². The van der Waals surface area contributed by atoms with Crippen molar-refractivity contribution in [1.29, 1.82) is 0 Å². The Balaban J connectivity index is 2.34. The highest BCUT2D eigenvalue weighted by Crippen LogP contribution is 2.40. The molecule has 1 aromatic rings. The topological polar surface area (TPSA) is 44.5 Å². The number of nitrogens with two attached hydrogens (primary N) is 1. The molecule has 1 atom stereocenters. The van der Waals surface area contributed by atoms with Gasteiger partial charge in [0.2, 0.25) is 0 Å². The lowest BCUT2D eigenvalue weighted by Crippen LogP contribution is -2.20. The minimum absolute atomic E-state index is 0.0760. The number of hydrogen-bond acceptors (Lipinski definition) is 3. The Hall–Kier alpha value is -1.22. The van der Waals surface area contributed by atoms with Crippen LogP contribution in [0.5, 0.6) is 11.5 Å². The van der Waals surface area contributed by atoms with Crippen LogP contribution in [0.3, 0.4) is 0 Å². The second kappa shape index (κ2) is 5.61. The van der Waals surface area contributed by atoms with E-state index in [0.29, 0.717) is 5.92 Å². The largest absolute Gasteiger partial charge is 0.496 e. The first-order valence-electron chi connectivity index (χ1n) is 6.66. The van der Waals surface area contributed by atoms with Gasteiger partial charge >= 0.3 is 0 Å². The van der Waals surface area contributed by atoms with E-state index in [4.69, 9.17) is 15.2 Å². The van der Waals surface area contributed by atoms with Crippen LogP contribution in [0.4, 0.5) is 0 Å². The Morgan fingerprint density at radius 2 is 1.83 bits per heavy atom. The number of ether oxygens (including phenoxy) is 2. The Kier molecular flexibility index (Phi) is 4.12. The molecule has 3 heteroatoms. The van der Waals surface area contributed by atoms with Gasteiger partial charge in [-0.3, -0.25) is 0 Å². The summed E-state index contributed by atoms with van der Waals surface area (Å²) in [6.45, 7) is 2.02. The van der Waals surface area contributed by atoms with Gasteiger partial charge < -0.3 is 15.2 Å². The van der Waals surface area contributed by atoms with Crippen LogP contribution in [0, 0.1) is 12.8 Å². The molecule has 0 spiro atoms. The number of methoxy groups -OCH3 is 2. The van der Waals surface area contributed by atoms with E-state index in [1.54, 1.807) is 14.2 Å². The lowest BCUT2D eigenvalue weighted by molar-refractivity contribution is 0.370. The fraction of sp³-hybridized carbons (Fsp3) is 0.600. The highest BCUT2D eigenvalue weighted by molar-refractivity contribution is 5.50. The number of benzene rings is 1. The Bertz CT molecular complexity index is 411. The van der Waals surface area contributed by atoms with Crippen molar-refractivity contribution in [2.24, 2.45) is 11.7 Å². The highest BCUT2D eigenvalue weighted by Gasteiger charge is 2.26. The van der Waals surface area contributed by atoms with Crippen LogP contribution in [-0.2, 0) is 0 Å². The van der Waals surface area contributed by atoms with E-state index in [0.717, 1.165) is 22.6 Å². The first-order chi connectivity index (χ1) is 8.69. The molecule has 1 fully saturated rings. The summed E-state index contributed by atoms with van der Waals surface area (Å²) in [6.07, 6.45) is 5.07. The third-order valence-corrected chi connectivity index (χ3v) is 4.08. The monoisotopic (exact) mass is 249 g/mol. The van der Waals surface area contributed by atoms with E-state index < -0.39 is 0 Å². The summed E-state index contributed by atoms with van der Waals surface area (Å²) in [7, 11) is 3.38. The summed E-state index contributed by atoms with van der Waals surface area (Å²) in [6, 6.07) is 4.11. The minimum Gasteiger partial charge on any atom is -0.496 e. The van der Waals surface area contributed by atoms with Crippen LogP contribution < -0.4 is 15.2 Å². The third kappa shape index (κ3) is 2.32. The van der Waals surface area contributed by atoms with E-state index in [2.05, 4.69) is 0 Å². The van der Waals surface area contributed by atoms with E-state index in [1.165, 1.54) is 25.7 Å². The predicted octanol–water partition coefficient (Wildman–Crippen LogP) is 3.20. The number of hydrogen-bond donors (Lipinski definition) is 1. The fourth-order valence-electron chi connectivity index (χ4n) is 3.02. The van der Waals surface area contributed by atoms with Gasteiger partial charge in [0.15, 0.2) is 0 Å². The maximum Gasteiger partial charge on any atom is 0.130 e. The molecule has 100 valence electrons. The Morgan fingerprint density at radius 1 is 1.17 bits per heavy atom. The van der Waals surface area contributed by atoms with Gasteiger partial charge in [-0.25, -0.2) is 0 Å². The van der Waals surface area contributed by atoms with Gasteiger partial charge in [-0.05, 0) is 31.7 Å². The summed E-state index contributed by atoms with van der Waals surface area (Å²) >= 11 is 0. The maximum absolute atomic E-state index is 6.42. The highest BCUT2D eigenvalue weighted by atomic mass is 16.5. The van der Waals surface area contributed by atoms with E-state index in [1.807, 2.05) is 19.1 Å². The molecule has 0 aliphatic heterocycles. The average Bonchev–Trinajstić information content (AvgIpc) is 2.91. The maximum atomic E-state index is 6.42. The molecule has 0 amide bonds. The standard InChI is InChI=1S/C15H23NO2/c1-10-13(17-2)9-8-12(15(10)18-3)14(16)11-6-4-5-7-11/h8-9,11,14H,4-7,16H2,1-3H3. The Morgan fingerprint density at radius 3 is 2.39 bits per heavy atom. The minimum atomic E-state index is 0.0760. The van der Waals surface area contributed by atoms with Gasteiger partial charge in [-0.2, -0.15) is 0 Å². The zero-order valence-electron chi connectivity index (χ0n) is 11.5. The van der Waals surface area contributed by atoms with Crippen molar-refractivity contribution >= 4 is 0 Å². The average molecular weight is 249 g/mol. The van der Waals surface area contributed by atoms with Gasteiger partial charge in [0.05, 0.1) is 14.2 Å². The number of rotatable bonds is 4. The molecule has 1 unspecified atom stereocenters. The zero-order valence-corrected chi connectivity index (χ0v) is 11.5.